The lowest BCUT2D eigenvalue weighted by Gasteiger charge is -2.42. The zero-order valence-corrected chi connectivity index (χ0v) is 30.0. The zero-order valence-electron chi connectivity index (χ0n) is 28.4. The highest BCUT2D eigenvalue weighted by atomic mass is 35.5. The first kappa shape index (κ1) is 34.3. The van der Waals surface area contributed by atoms with Crippen LogP contribution >= 0.6 is 11.6 Å². The highest BCUT2D eigenvalue weighted by Crippen LogP contribution is 2.45. The van der Waals surface area contributed by atoms with E-state index in [1.807, 2.05) is 30.0 Å². The van der Waals surface area contributed by atoms with Gasteiger partial charge in [-0.15, -0.1) is 0 Å². The summed E-state index contributed by atoms with van der Waals surface area (Å²) >= 11 is 6.46. The van der Waals surface area contributed by atoms with Gasteiger partial charge in [-0.05, 0) is 99.4 Å². The topological polar surface area (TPSA) is 108 Å². The number of morpholine rings is 1. The predicted molar refractivity (Wildman–Crippen MR) is 190 cm³/mol. The summed E-state index contributed by atoms with van der Waals surface area (Å²) < 4.78 is 41.5. The number of carbonyl (C=O) groups excluding carboxylic acids is 2. The second kappa shape index (κ2) is 13.9. The van der Waals surface area contributed by atoms with Crippen LogP contribution in [0, 0.1) is 5.92 Å². The Morgan fingerprint density at radius 1 is 1.06 bits per heavy atom. The highest BCUT2D eigenvalue weighted by Gasteiger charge is 2.44. The molecule has 1 N–H and O–H groups in total. The van der Waals surface area contributed by atoms with Crippen molar-refractivity contribution >= 4 is 39.1 Å². The van der Waals surface area contributed by atoms with Gasteiger partial charge in [0.2, 0.25) is 15.9 Å². The summed E-state index contributed by atoms with van der Waals surface area (Å²) in [5, 5.41) is -0.110. The van der Waals surface area contributed by atoms with Crippen LogP contribution in [0.2, 0.25) is 5.02 Å². The molecule has 0 aromatic heterocycles. The second-order valence-corrected chi connectivity index (χ2v) is 17.0. The number of nitrogens with zero attached hydrogens (tertiary/aromatic N) is 3. The number of amides is 2. The van der Waals surface area contributed by atoms with Crippen LogP contribution in [-0.4, -0.2) is 99.9 Å². The molecule has 0 unspecified atom stereocenters. The molecular weight excluding hydrogens is 664 g/mol. The van der Waals surface area contributed by atoms with Crippen molar-refractivity contribution in [2.45, 2.75) is 75.1 Å². The minimum absolute atomic E-state index is 0.0598. The third-order valence-electron chi connectivity index (χ3n) is 11.4. The van der Waals surface area contributed by atoms with Gasteiger partial charge in [0, 0.05) is 48.2 Å². The van der Waals surface area contributed by atoms with E-state index in [0.29, 0.717) is 58.2 Å². The van der Waals surface area contributed by atoms with Crippen molar-refractivity contribution in [3.8, 4) is 5.75 Å². The van der Waals surface area contributed by atoms with Gasteiger partial charge in [-0.1, -0.05) is 36.7 Å². The number of rotatable bonds is 1. The van der Waals surface area contributed by atoms with E-state index in [-0.39, 0.29) is 28.8 Å². The molecule has 12 heteroatoms. The van der Waals surface area contributed by atoms with E-state index in [4.69, 9.17) is 21.1 Å². The van der Waals surface area contributed by atoms with E-state index in [1.54, 1.807) is 25.1 Å². The number of fused-ring (bicyclic) bond motifs is 4. The number of anilines is 1. The van der Waals surface area contributed by atoms with Crippen LogP contribution in [-0.2, 0) is 31.4 Å². The highest BCUT2D eigenvalue weighted by molar-refractivity contribution is 7.90. The molecule has 1 spiro atoms. The van der Waals surface area contributed by atoms with E-state index in [0.717, 1.165) is 49.4 Å². The van der Waals surface area contributed by atoms with Crippen LogP contribution in [0.4, 0.5) is 5.69 Å². The molecule has 2 saturated heterocycles. The monoisotopic (exact) mass is 710 g/mol. The Morgan fingerprint density at radius 3 is 2.69 bits per heavy atom. The lowest BCUT2D eigenvalue weighted by molar-refractivity contribution is -0.139. The molecule has 5 atom stereocenters. The van der Waals surface area contributed by atoms with Crippen LogP contribution in [0.1, 0.15) is 67.4 Å². The van der Waals surface area contributed by atoms with E-state index in [1.165, 1.54) is 11.1 Å². The van der Waals surface area contributed by atoms with E-state index in [2.05, 4.69) is 26.7 Å². The van der Waals surface area contributed by atoms with Gasteiger partial charge in [0.15, 0.2) is 0 Å². The normalized spacial score (nSPS) is 31.2. The minimum Gasteiger partial charge on any atom is -0.490 e. The van der Waals surface area contributed by atoms with Crippen molar-refractivity contribution in [2.24, 2.45) is 5.92 Å². The number of halogens is 1. The Labute approximate surface area is 294 Å². The molecule has 2 fully saturated rings. The van der Waals surface area contributed by atoms with Gasteiger partial charge in [0.25, 0.3) is 5.91 Å². The van der Waals surface area contributed by atoms with Gasteiger partial charge in [0.05, 0.1) is 30.8 Å². The molecule has 49 heavy (non-hydrogen) atoms. The van der Waals surface area contributed by atoms with Gasteiger partial charge >= 0.3 is 0 Å². The van der Waals surface area contributed by atoms with Gasteiger partial charge in [0.1, 0.15) is 11.8 Å². The number of nitrogens with one attached hydrogen (secondary N) is 1. The smallest absolute Gasteiger partial charge is 0.264 e. The Hall–Kier alpha value is -3.12. The number of sulfonamides is 1. The first-order chi connectivity index (χ1) is 23.5. The third-order valence-corrected chi connectivity index (χ3v) is 13.6. The maximum absolute atomic E-state index is 14.2. The van der Waals surface area contributed by atoms with Gasteiger partial charge in [-0.2, -0.15) is 0 Å². The summed E-state index contributed by atoms with van der Waals surface area (Å²) in [7, 11) is -3.99. The third kappa shape index (κ3) is 6.83. The average molecular weight is 711 g/mol. The van der Waals surface area contributed by atoms with Gasteiger partial charge in [-0.25, -0.2) is 13.1 Å². The predicted octanol–water partition coefficient (Wildman–Crippen LogP) is 4.55. The molecule has 2 aromatic carbocycles. The number of carbonyl (C=O) groups is 2. The summed E-state index contributed by atoms with van der Waals surface area (Å²) in [6, 6.07) is 11.0. The fourth-order valence-corrected chi connectivity index (χ4v) is 9.92. The Kier molecular flexibility index (Phi) is 9.73. The molecule has 4 aliphatic heterocycles. The molecule has 4 heterocycles. The lowest BCUT2D eigenvalue weighted by atomic mass is 9.70. The molecular formula is C37H47ClN4O6S. The summed E-state index contributed by atoms with van der Waals surface area (Å²) in [6.07, 6.45) is 9.17. The SMILES string of the molecule is C[C@@H]1[C@@H](C)C/C=C/[C@@H](C(=O)N2CCOCC2)N2CCC[C@H]2CN2C[C@@]3(CCCc4cc(Cl)ccc43)COc3ccc(cc32)C(=O)NS1(=O)=O. The molecule has 2 aromatic rings. The van der Waals surface area contributed by atoms with Crippen molar-refractivity contribution in [1.29, 1.82) is 0 Å². The maximum atomic E-state index is 14.2. The first-order valence-corrected chi connectivity index (χ1v) is 19.6. The fourth-order valence-electron chi connectivity index (χ4n) is 8.44. The number of benzene rings is 2. The molecule has 0 radical (unpaired) electrons. The second-order valence-electron chi connectivity index (χ2n) is 14.5. The standard InChI is InChI=1S/C37H47ClN4O6S/c1-25-6-3-9-32(36(44)40-16-18-47-19-17-40)42-15-5-8-30(42)22-41-23-37(14-4-7-27-20-29(38)11-12-31(27)37)24-48-34-13-10-28(21-33(34)41)35(43)39-49(45,46)26(25)2/h3,9-13,20-21,25-26,30,32H,4-8,14-19,22-24H2,1-2H3,(H,39,43)/b9-3+/t25-,26+,30-,32-,37-/m0/s1. The number of hydrogen-bond donors (Lipinski definition) is 1. The lowest BCUT2D eigenvalue weighted by Crippen LogP contribution is -2.55. The maximum Gasteiger partial charge on any atom is 0.264 e. The van der Waals surface area contributed by atoms with Crippen LogP contribution in [0.25, 0.3) is 0 Å². The van der Waals surface area contributed by atoms with Crippen LogP contribution in [0.15, 0.2) is 48.6 Å². The van der Waals surface area contributed by atoms with Crippen molar-refractivity contribution in [1.82, 2.24) is 14.5 Å². The fraction of sp³-hybridized carbons (Fsp3) is 0.568. The average Bonchev–Trinajstić information content (AvgIpc) is 3.49. The zero-order chi connectivity index (χ0) is 34.3. The van der Waals surface area contributed by atoms with Crippen LogP contribution < -0.4 is 14.4 Å². The van der Waals surface area contributed by atoms with Crippen LogP contribution in [0.3, 0.4) is 0 Å². The van der Waals surface area contributed by atoms with Gasteiger partial charge < -0.3 is 19.3 Å². The van der Waals surface area contributed by atoms with Crippen molar-refractivity contribution in [3.63, 3.8) is 0 Å². The molecule has 0 saturated carbocycles. The number of allylic oxidation sites excluding steroid dienone is 1. The molecule has 2 amide bonds. The Bertz CT molecular complexity index is 1730. The number of aryl methyl sites for hydroxylation is 1. The number of hydrogen-bond acceptors (Lipinski definition) is 8. The van der Waals surface area contributed by atoms with E-state index >= 15 is 0 Å². The first-order valence-electron chi connectivity index (χ1n) is 17.7. The molecule has 10 nitrogen and oxygen atoms in total. The quantitative estimate of drug-likeness (QED) is 0.430. The van der Waals surface area contributed by atoms with E-state index in [9.17, 15) is 18.0 Å². The molecule has 2 bridgehead atoms. The largest absolute Gasteiger partial charge is 0.490 e. The number of ether oxygens (including phenoxy) is 2. The van der Waals surface area contributed by atoms with Gasteiger partial charge in [-0.3, -0.25) is 14.5 Å². The summed E-state index contributed by atoms with van der Waals surface area (Å²) in [4.78, 5) is 34.4. The summed E-state index contributed by atoms with van der Waals surface area (Å²) in [6.45, 7) is 8.16. The summed E-state index contributed by atoms with van der Waals surface area (Å²) in [5.41, 5.74) is 3.18. The Morgan fingerprint density at radius 2 is 1.88 bits per heavy atom. The Balaban J connectivity index is 1.32. The van der Waals surface area contributed by atoms with Crippen molar-refractivity contribution in [2.75, 3.05) is 57.4 Å². The minimum atomic E-state index is -3.99. The summed E-state index contributed by atoms with van der Waals surface area (Å²) in [5.74, 6) is -0.224. The van der Waals surface area contributed by atoms with Crippen LogP contribution in [0.5, 0.6) is 5.75 Å². The van der Waals surface area contributed by atoms with Crippen molar-refractivity contribution < 1.29 is 27.5 Å². The molecule has 5 aliphatic rings. The van der Waals surface area contributed by atoms with E-state index < -0.39 is 27.2 Å². The molecule has 7 rings (SSSR count). The molecule has 264 valence electrons. The van der Waals surface area contributed by atoms with Crippen molar-refractivity contribution in [3.05, 3.63) is 70.3 Å². The molecule has 1 aliphatic carbocycles.